The minimum atomic E-state index is -0.487. The number of rotatable bonds is 2. The third-order valence-electron chi connectivity index (χ3n) is 3.92. The second-order valence-corrected chi connectivity index (χ2v) is 6.37. The number of amides is 2. The quantitative estimate of drug-likeness (QED) is 0.840. The van der Waals surface area contributed by atoms with E-state index >= 15 is 0 Å². The van der Waals surface area contributed by atoms with Gasteiger partial charge in [-0.25, -0.2) is 0 Å². The fourth-order valence-corrected chi connectivity index (χ4v) is 3.42. The van der Waals surface area contributed by atoms with Gasteiger partial charge in [-0.3, -0.25) is 14.6 Å². The van der Waals surface area contributed by atoms with Crippen LogP contribution in [0.15, 0.2) is 41.1 Å². The van der Waals surface area contributed by atoms with Gasteiger partial charge < -0.3 is 9.47 Å². The van der Waals surface area contributed by atoms with E-state index in [4.69, 9.17) is 0 Å². The van der Waals surface area contributed by atoms with Gasteiger partial charge in [0.2, 0.25) is 0 Å². The number of carbonyl (C=O) groups is 2. The molecule has 3 heterocycles. The van der Waals surface area contributed by atoms with Crippen molar-refractivity contribution in [3.8, 4) is 0 Å². The molecule has 1 atom stereocenters. The maximum atomic E-state index is 12.7. The number of piperidine rings is 1. The Balaban J connectivity index is 1.86. The van der Waals surface area contributed by atoms with Crippen LogP contribution in [-0.4, -0.2) is 38.9 Å². The van der Waals surface area contributed by atoms with Crippen LogP contribution in [0.5, 0.6) is 0 Å². The van der Waals surface area contributed by atoms with Crippen LogP contribution in [0.3, 0.4) is 0 Å². The molecule has 1 saturated heterocycles. The number of carbonyl (C=O) groups excluding carboxylic acids is 2. The van der Waals surface area contributed by atoms with E-state index in [1.807, 2.05) is 18.6 Å². The molecule has 1 aliphatic heterocycles. The maximum absolute atomic E-state index is 12.7. The summed E-state index contributed by atoms with van der Waals surface area (Å²) < 4.78 is 1.80. The van der Waals surface area contributed by atoms with Crippen LogP contribution in [0.2, 0.25) is 0 Å². The number of hydrogen-bond acceptors (Lipinski definition) is 4. The van der Waals surface area contributed by atoms with Gasteiger partial charge in [-0.2, -0.15) is 4.99 Å². The standard InChI is InChI=1S/C16H18N4O2S/c1-19-9-10-23-16(19)18-14(21)13-6-2-3-8-20(13)15(22)12-5-4-7-17-11-12/h4-5,7,9-11,13H,2-3,6,8H2,1H3. The highest BCUT2D eigenvalue weighted by atomic mass is 32.1. The van der Waals surface area contributed by atoms with E-state index in [1.165, 1.54) is 17.5 Å². The van der Waals surface area contributed by atoms with Gasteiger partial charge in [0.15, 0.2) is 4.80 Å². The highest BCUT2D eigenvalue weighted by Crippen LogP contribution is 2.20. The zero-order valence-electron chi connectivity index (χ0n) is 12.9. The molecule has 0 aliphatic carbocycles. The minimum Gasteiger partial charge on any atom is -0.327 e. The highest BCUT2D eigenvalue weighted by molar-refractivity contribution is 7.07. The number of nitrogens with zero attached hydrogens (tertiary/aromatic N) is 4. The lowest BCUT2D eigenvalue weighted by Crippen LogP contribution is -2.48. The molecule has 23 heavy (non-hydrogen) atoms. The molecule has 0 radical (unpaired) electrons. The van der Waals surface area contributed by atoms with Crippen LogP contribution in [0.4, 0.5) is 0 Å². The van der Waals surface area contributed by atoms with Crippen LogP contribution in [0, 0.1) is 0 Å². The van der Waals surface area contributed by atoms with Gasteiger partial charge >= 0.3 is 0 Å². The van der Waals surface area contributed by atoms with E-state index in [-0.39, 0.29) is 11.8 Å². The summed E-state index contributed by atoms with van der Waals surface area (Å²) in [6.07, 6.45) is 7.51. The van der Waals surface area contributed by atoms with Crippen molar-refractivity contribution in [3.63, 3.8) is 0 Å². The molecule has 2 amide bonds. The van der Waals surface area contributed by atoms with Crippen LogP contribution < -0.4 is 4.80 Å². The smallest absolute Gasteiger partial charge is 0.271 e. The van der Waals surface area contributed by atoms with E-state index in [0.717, 1.165) is 12.8 Å². The average Bonchev–Trinajstić information content (AvgIpc) is 3.00. The van der Waals surface area contributed by atoms with Crippen LogP contribution in [-0.2, 0) is 11.8 Å². The van der Waals surface area contributed by atoms with Crippen molar-refractivity contribution >= 4 is 23.2 Å². The summed E-state index contributed by atoms with van der Waals surface area (Å²) in [7, 11) is 1.85. The summed E-state index contributed by atoms with van der Waals surface area (Å²) in [5, 5.41) is 1.88. The first-order chi connectivity index (χ1) is 11.2. The van der Waals surface area contributed by atoms with Crippen molar-refractivity contribution in [2.75, 3.05) is 6.54 Å². The number of pyridine rings is 1. The van der Waals surface area contributed by atoms with Crippen molar-refractivity contribution < 1.29 is 9.59 Å². The summed E-state index contributed by atoms with van der Waals surface area (Å²) in [6.45, 7) is 0.580. The number of aromatic nitrogens is 2. The second kappa shape index (κ2) is 6.87. The molecular formula is C16H18N4O2S. The molecule has 0 N–H and O–H groups in total. The molecule has 1 aliphatic rings. The minimum absolute atomic E-state index is 0.151. The number of hydrogen-bond donors (Lipinski definition) is 0. The summed E-state index contributed by atoms with van der Waals surface area (Å²) in [4.78, 5) is 35.7. The van der Waals surface area contributed by atoms with Crippen molar-refractivity contribution in [2.45, 2.75) is 25.3 Å². The van der Waals surface area contributed by atoms with E-state index in [1.54, 1.807) is 27.8 Å². The van der Waals surface area contributed by atoms with Crippen molar-refractivity contribution in [1.29, 1.82) is 0 Å². The number of thiazole rings is 1. The Morgan fingerprint density at radius 1 is 1.39 bits per heavy atom. The molecule has 0 saturated carbocycles. The Morgan fingerprint density at radius 3 is 2.96 bits per heavy atom. The number of aryl methyl sites for hydroxylation is 1. The van der Waals surface area contributed by atoms with Crippen molar-refractivity contribution in [2.24, 2.45) is 12.0 Å². The zero-order chi connectivity index (χ0) is 16.2. The monoisotopic (exact) mass is 330 g/mol. The molecule has 2 aromatic heterocycles. The van der Waals surface area contributed by atoms with Crippen molar-refractivity contribution in [3.05, 3.63) is 46.5 Å². The van der Waals surface area contributed by atoms with Crippen LogP contribution >= 0.6 is 11.3 Å². The molecule has 0 aromatic carbocycles. The predicted molar refractivity (Wildman–Crippen MR) is 86.8 cm³/mol. The van der Waals surface area contributed by atoms with Crippen molar-refractivity contribution in [1.82, 2.24) is 14.5 Å². The van der Waals surface area contributed by atoms with E-state index < -0.39 is 6.04 Å². The molecule has 2 aromatic rings. The second-order valence-electron chi connectivity index (χ2n) is 5.50. The molecule has 7 heteroatoms. The lowest BCUT2D eigenvalue weighted by atomic mass is 10.0. The first kappa shape index (κ1) is 15.6. The first-order valence-electron chi connectivity index (χ1n) is 7.56. The lowest BCUT2D eigenvalue weighted by molar-refractivity contribution is -0.123. The Morgan fingerprint density at radius 2 is 2.26 bits per heavy atom. The SMILES string of the molecule is Cn1ccsc1=NC(=O)C1CCCCN1C(=O)c1cccnc1. The van der Waals surface area contributed by atoms with E-state index in [0.29, 0.717) is 23.3 Å². The third kappa shape index (κ3) is 3.39. The number of likely N-dealkylation sites (tertiary alicyclic amines) is 1. The molecule has 0 spiro atoms. The highest BCUT2D eigenvalue weighted by Gasteiger charge is 2.32. The molecule has 3 rings (SSSR count). The summed E-state index contributed by atoms with van der Waals surface area (Å²) in [5.41, 5.74) is 0.508. The van der Waals surface area contributed by atoms with E-state index in [2.05, 4.69) is 9.98 Å². The molecule has 0 bridgehead atoms. The topological polar surface area (TPSA) is 67.6 Å². The Bertz CT molecular complexity index is 766. The van der Waals surface area contributed by atoms with Gasteiger partial charge in [-0.15, -0.1) is 11.3 Å². The van der Waals surface area contributed by atoms with Gasteiger partial charge in [-0.05, 0) is 31.4 Å². The summed E-state index contributed by atoms with van der Waals surface area (Å²) >= 11 is 1.41. The van der Waals surface area contributed by atoms with Gasteiger partial charge in [0.1, 0.15) is 6.04 Å². The predicted octanol–water partition coefficient (Wildman–Crippen LogP) is 1.60. The molecule has 120 valence electrons. The normalized spacial score (nSPS) is 18.9. The lowest BCUT2D eigenvalue weighted by Gasteiger charge is -2.33. The summed E-state index contributed by atoms with van der Waals surface area (Å²) in [5.74, 6) is -0.401. The average molecular weight is 330 g/mol. The Hall–Kier alpha value is -2.28. The molecule has 1 fully saturated rings. The van der Waals surface area contributed by atoms with Gasteiger partial charge in [0, 0.05) is 37.6 Å². The van der Waals surface area contributed by atoms with Crippen LogP contribution in [0.1, 0.15) is 29.6 Å². The first-order valence-corrected chi connectivity index (χ1v) is 8.44. The van der Waals surface area contributed by atoms with E-state index in [9.17, 15) is 9.59 Å². The fourth-order valence-electron chi connectivity index (χ4n) is 2.69. The Kier molecular flexibility index (Phi) is 4.66. The third-order valence-corrected chi connectivity index (χ3v) is 4.77. The molecule has 1 unspecified atom stereocenters. The van der Waals surface area contributed by atoms with Gasteiger partial charge in [0.25, 0.3) is 11.8 Å². The van der Waals surface area contributed by atoms with Crippen LogP contribution in [0.25, 0.3) is 0 Å². The van der Waals surface area contributed by atoms with Gasteiger partial charge in [0.05, 0.1) is 5.56 Å². The molecular weight excluding hydrogens is 312 g/mol. The fraction of sp³-hybridized carbons (Fsp3) is 0.375. The summed E-state index contributed by atoms with van der Waals surface area (Å²) in [6, 6.07) is 2.96. The molecule has 6 nitrogen and oxygen atoms in total. The largest absolute Gasteiger partial charge is 0.327 e. The van der Waals surface area contributed by atoms with Gasteiger partial charge in [-0.1, -0.05) is 0 Å². The maximum Gasteiger partial charge on any atom is 0.271 e. The zero-order valence-corrected chi connectivity index (χ0v) is 13.7. The Labute approximate surface area is 138 Å².